The van der Waals surface area contributed by atoms with Crippen LogP contribution in [0, 0.1) is 6.92 Å². The molecule has 2 aromatic rings. The smallest absolute Gasteiger partial charge is 0.220 e. The van der Waals surface area contributed by atoms with E-state index in [4.69, 9.17) is 5.73 Å². The number of rotatable bonds is 2. The van der Waals surface area contributed by atoms with Crippen LogP contribution >= 0.6 is 0 Å². The molecule has 0 radical (unpaired) electrons. The molecule has 5 heteroatoms. The van der Waals surface area contributed by atoms with Crippen molar-refractivity contribution in [2.75, 3.05) is 36.8 Å². The van der Waals surface area contributed by atoms with Gasteiger partial charge < -0.3 is 16.0 Å². The van der Waals surface area contributed by atoms with Gasteiger partial charge in [0.2, 0.25) is 5.95 Å². The van der Waals surface area contributed by atoms with Crippen LogP contribution in [0.5, 0.6) is 0 Å². The van der Waals surface area contributed by atoms with Crippen molar-refractivity contribution >= 4 is 11.6 Å². The Labute approximate surface area is 118 Å². The summed E-state index contributed by atoms with van der Waals surface area (Å²) in [5, 5.41) is 3.37. The normalized spacial score (nSPS) is 15.3. The van der Waals surface area contributed by atoms with Crippen LogP contribution in [-0.2, 0) is 0 Å². The minimum absolute atomic E-state index is 0.334. The van der Waals surface area contributed by atoms with E-state index in [0.717, 1.165) is 48.8 Å². The molecule has 1 aliphatic rings. The van der Waals surface area contributed by atoms with Crippen LogP contribution in [0.15, 0.2) is 30.3 Å². The second kappa shape index (κ2) is 5.46. The first-order valence-electron chi connectivity index (χ1n) is 6.91. The third kappa shape index (κ3) is 2.44. The molecule has 1 saturated heterocycles. The number of piperazine rings is 1. The van der Waals surface area contributed by atoms with Crippen molar-refractivity contribution in [1.29, 1.82) is 0 Å². The Kier molecular flexibility index (Phi) is 3.52. The fraction of sp³-hybridized carbons (Fsp3) is 0.333. The van der Waals surface area contributed by atoms with E-state index in [0.29, 0.717) is 5.95 Å². The molecule has 0 atom stereocenters. The number of aryl methyl sites for hydroxylation is 1. The van der Waals surface area contributed by atoms with Gasteiger partial charge in [-0.3, -0.25) is 0 Å². The Bertz CT molecular complexity index is 591. The lowest BCUT2D eigenvalue weighted by molar-refractivity contribution is 0.587. The summed E-state index contributed by atoms with van der Waals surface area (Å²) >= 11 is 0. The van der Waals surface area contributed by atoms with Gasteiger partial charge in [-0.2, -0.15) is 0 Å². The van der Waals surface area contributed by atoms with Gasteiger partial charge in [-0.05, 0) is 6.92 Å². The molecule has 1 aliphatic heterocycles. The van der Waals surface area contributed by atoms with Crippen molar-refractivity contribution in [2.45, 2.75) is 6.92 Å². The molecule has 0 unspecified atom stereocenters. The highest BCUT2D eigenvalue weighted by Crippen LogP contribution is 2.32. The van der Waals surface area contributed by atoms with Crippen LogP contribution in [0.1, 0.15) is 5.69 Å². The highest BCUT2D eigenvalue weighted by atomic mass is 15.2. The van der Waals surface area contributed by atoms with E-state index < -0.39 is 0 Å². The van der Waals surface area contributed by atoms with Crippen molar-refractivity contribution in [1.82, 2.24) is 15.3 Å². The minimum atomic E-state index is 0.334. The maximum absolute atomic E-state index is 5.84. The van der Waals surface area contributed by atoms with Gasteiger partial charge in [0.1, 0.15) is 0 Å². The number of anilines is 2. The lowest BCUT2D eigenvalue weighted by Crippen LogP contribution is -2.44. The van der Waals surface area contributed by atoms with Crippen molar-refractivity contribution in [2.24, 2.45) is 0 Å². The Morgan fingerprint density at radius 3 is 2.50 bits per heavy atom. The second-order valence-electron chi connectivity index (χ2n) is 4.97. The molecule has 1 aromatic heterocycles. The lowest BCUT2D eigenvalue weighted by atomic mass is 10.1. The number of nitrogens with two attached hydrogens (primary N) is 1. The average molecular weight is 269 g/mol. The molecule has 3 N–H and O–H groups in total. The molecule has 104 valence electrons. The first-order chi connectivity index (χ1) is 9.75. The summed E-state index contributed by atoms with van der Waals surface area (Å²) in [5.74, 6) is 0.334. The second-order valence-corrected chi connectivity index (χ2v) is 4.97. The number of aromatic nitrogens is 2. The summed E-state index contributed by atoms with van der Waals surface area (Å²) in [6, 6.07) is 10.2. The lowest BCUT2D eigenvalue weighted by Gasteiger charge is -2.31. The van der Waals surface area contributed by atoms with Gasteiger partial charge in [-0.15, -0.1) is 0 Å². The number of hydrogen-bond donors (Lipinski definition) is 2. The molecular weight excluding hydrogens is 250 g/mol. The highest BCUT2D eigenvalue weighted by Gasteiger charge is 2.20. The van der Waals surface area contributed by atoms with E-state index in [-0.39, 0.29) is 0 Å². The zero-order valence-electron chi connectivity index (χ0n) is 11.6. The first-order valence-corrected chi connectivity index (χ1v) is 6.91. The predicted octanol–water partition coefficient (Wildman–Crippen LogP) is 1.44. The molecule has 5 nitrogen and oxygen atoms in total. The summed E-state index contributed by atoms with van der Waals surface area (Å²) in [5.41, 5.74) is 9.90. The molecule has 20 heavy (non-hydrogen) atoms. The monoisotopic (exact) mass is 269 g/mol. The Morgan fingerprint density at radius 2 is 1.80 bits per heavy atom. The molecule has 3 rings (SSSR count). The number of hydrogen-bond acceptors (Lipinski definition) is 5. The summed E-state index contributed by atoms with van der Waals surface area (Å²) in [6.07, 6.45) is 0. The first kappa shape index (κ1) is 12.9. The molecule has 0 aliphatic carbocycles. The fourth-order valence-corrected chi connectivity index (χ4v) is 2.65. The van der Waals surface area contributed by atoms with E-state index in [2.05, 4.69) is 32.3 Å². The van der Waals surface area contributed by atoms with Crippen LogP contribution in [-0.4, -0.2) is 36.1 Å². The van der Waals surface area contributed by atoms with Crippen LogP contribution in [0.3, 0.4) is 0 Å². The summed E-state index contributed by atoms with van der Waals surface area (Å²) in [7, 11) is 0. The van der Waals surface area contributed by atoms with Crippen molar-refractivity contribution in [3.63, 3.8) is 0 Å². The summed E-state index contributed by atoms with van der Waals surface area (Å²) in [4.78, 5) is 11.2. The number of nitrogen functional groups attached to an aromatic ring is 1. The largest absolute Gasteiger partial charge is 0.368 e. The number of nitrogens with zero attached hydrogens (tertiary/aromatic N) is 3. The molecular formula is C15H19N5. The van der Waals surface area contributed by atoms with Gasteiger partial charge in [-0.25, -0.2) is 9.97 Å². The zero-order valence-corrected chi connectivity index (χ0v) is 11.6. The topological polar surface area (TPSA) is 67.1 Å². The molecule has 1 aromatic carbocycles. The number of benzene rings is 1. The third-order valence-electron chi connectivity index (χ3n) is 3.56. The third-order valence-corrected chi connectivity index (χ3v) is 3.56. The van der Waals surface area contributed by atoms with E-state index in [9.17, 15) is 0 Å². The minimum Gasteiger partial charge on any atom is -0.368 e. The summed E-state index contributed by atoms with van der Waals surface area (Å²) < 4.78 is 0. The molecule has 0 amide bonds. The summed E-state index contributed by atoms with van der Waals surface area (Å²) in [6.45, 7) is 5.90. The molecule has 0 bridgehead atoms. The van der Waals surface area contributed by atoms with Crippen LogP contribution < -0.4 is 16.0 Å². The zero-order chi connectivity index (χ0) is 13.9. The predicted molar refractivity (Wildman–Crippen MR) is 81.7 cm³/mol. The molecule has 0 spiro atoms. The molecule has 2 heterocycles. The molecule has 1 fully saturated rings. The van der Waals surface area contributed by atoms with Crippen molar-refractivity contribution in [3.05, 3.63) is 36.0 Å². The fourth-order valence-electron chi connectivity index (χ4n) is 2.65. The highest BCUT2D eigenvalue weighted by molar-refractivity contribution is 5.77. The standard InChI is InChI=1S/C15H19N5/c1-11-14(20-9-7-17-8-10-20)13(19-15(16)18-11)12-5-3-2-4-6-12/h2-6,17H,7-10H2,1H3,(H2,16,18,19). The quantitative estimate of drug-likeness (QED) is 0.863. The van der Waals surface area contributed by atoms with Gasteiger partial charge in [0.05, 0.1) is 17.1 Å². The number of nitrogens with one attached hydrogen (secondary N) is 1. The van der Waals surface area contributed by atoms with Gasteiger partial charge in [0, 0.05) is 31.7 Å². The van der Waals surface area contributed by atoms with Crippen molar-refractivity contribution < 1.29 is 0 Å². The Balaban J connectivity index is 2.12. The average Bonchev–Trinajstić information content (AvgIpc) is 2.48. The van der Waals surface area contributed by atoms with Crippen LogP contribution in [0.2, 0.25) is 0 Å². The van der Waals surface area contributed by atoms with Gasteiger partial charge in [0.25, 0.3) is 0 Å². The van der Waals surface area contributed by atoms with Gasteiger partial charge in [-0.1, -0.05) is 30.3 Å². The van der Waals surface area contributed by atoms with E-state index >= 15 is 0 Å². The Morgan fingerprint density at radius 1 is 1.10 bits per heavy atom. The molecule has 0 saturated carbocycles. The van der Waals surface area contributed by atoms with Crippen LogP contribution in [0.25, 0.3) is 11.3 Å². The van der Waals surface area contributed by atoms with Crippen molar-refractivity contribution in [3.8, 4) is 11.3 Å². The maximum Gasteiger partial charge on any atom is 0.220 e. The Hall–Kier alpha value is -2.14. The van der Waals surface area contributed by atoms with E-state index in [1.54, 1.807) is 0 Å². The van der Waals surface area contributed by atoms with Gasteiger partial charge in [0.15, 0.2) is 0 Å². The van der Waals surface area contributed by atoms with E-state index in [1.807, 2.05) is 25.1 Å². The maximum atomic E-state index is 5.84. The SMILES string of the molecule is Cc1nc(N)nc(-c2ccccc2)c1N1CCNCC1. The van der Waals surface area contributed by atoms with Crippen LogP contribution in [0.4, 0.5) is 11.6 Å². The van der Waals surface area contributed by atoms with Gasteiger partial charge >= 0.3 is 0 Å². The van der Waals surface area contributed by atoms with E-state index in [1.165, 1.54) is 0 Å².